The number of hydrogen-bond acceptors (Lipinski definition) is 3. The van der Waals surface area contributed by atoms with Gasteiger partial charge in [-0.25, -0.2) is 4.98 Å². The predicted octanol–water partition coefficient (Wildman–Crippen LogP) is 2.70. The molecule has 6 heteroatoms. The van der Waals surface area contributed by atoms with Crippen LogP contribution in [0.25, 0.3) is 11.0 Å². The summed E-state index contributed by atoms with van der Waals surface area (Å²) in [4.78, 5) is 30.1. The van der Waals surface area contributed by atoms with E-state index in [1.807, 2.05) is 40.7 Å². The molecule has 1 fully saturated rings. The molecule has 1 N–H and O–H groups in total. The summed E-state index contributed by atoms with van der Waals surface area (Å²) < 4.78 is 2.01. The maximum Gasteiger partial charge on any atom is 0.303 e. The van der Waals surface area contributed by atoms with Crippen LogP contribution in [-0.2, 0) is 22.6 Å². The Morgan fingerprint density at radius 2 is 2.12 bits per heavy atom. The van der Waals surface area contributed by atoms with Crippen molar-refractivity contribution in [2.24, 2.45) is 5.92 Å². The second-order valence-corrected chi connectivity index (χ2v) is 6.74. The number of nitrogens with zero attached hydrogens (tertiary/aromatic N) is 3. The zero-order valence-corrected chi connectivity index (χ0v) is 14.6. The molecule has 0 radical (unpaired) electrons. The maximum atomic E-state index is 12.8. The van der Waals surface area contributed by atoms with Crippen molar-refractivity contribution in [2.75, 3.05) is 13.1 Å². The normalized spacial score (nSPS) is 17.8. The Morgan fingerprint density at radius 3 is 2.88 bits per heavy atom. The van der Waals surface area contributed by atoms with E-state index < -0.39 is 5.97 Å². The fraction of sp³-hybridized carbons (Fsp3) is 0.526. The van der Waals surface area contributed by atoms with Crippen molar-refractivity contribution >= 4 is 22.9 Å². The number of aryl methyl sites for hydroxylation is 1. The smallest absolute Gasteiger partial charge is 0.303 e. The highest BCUT2D eigenvalue weighted by molar-refractivity contribution is 5.81. The number of likely N-dealkylation sites (tertiary alicyclic amines) is 1. The quantitative estimate of drug-likeness (QED) is 0.875. The summed E-state index contributed by atoms with van der Waals surface area (Å²) in [5.41, 5.74) is 1.91. The molecule has 0 spiro atoms. The van der Waals surface area contributed by atoms with Crippen LogP contribution in [0.4, 0.5) is 0 Å². The number of aromatic nitrogens is 2. The third-order valence-electron chi connectivity index (χ3n) is 4.98. The van der Waals surface area contributed by atoms with E-state index in [9.17, 15) is 9.59 Å². The molecule has 2 aromatic rings. The van der Waals surface area contributed by atoms with Crippen molar-refractivity contribution in [3.8, 4) is 0 Å². The first kappa shape index (κ1) is 17.5. The van der Waals surface area contributed by atoms with Crippen molar-refractivity contribution < 1.29 is 14.7 Å². The Kier molecular flexibility index (Phi) is 5.36. The Bertz CT molecular complexity index is 768. The zero-order chi connectivity index (χ0) is 17.8. The second-order valence-electron chi connectivity index (χ2n) is 6.74. The van der Waals surface area contributed by atoms with E-state index in [0.717, 1.165) is 42.7 Å². The van der Waals surface area contributed by atoms with Crippen LogP contribution < -0.4 is 0 Å². The molecule has 1 atom stereocenters. The number of rotatable bonds is 6. The van der Waals surface area contributed by atoms with Gasteiger partial charge in [0, 0.05) is 25.9 Å². The number of aliphatic carboxylic acids is 1. The van der Waals surface area contributed by atoms with Gasteiger partial charge < -0.3 is 14.6 Å². The van der Waals surface area contributed by atoms with Gasteiger partial charge in [0.25, 0.3) is 0 Å². The minimum absolute atomic E-state index is 0.0953. The van der Waals surface area contributed by atoms with Crippen LogP contribution in [0, 0.1) is 5.92 Å². The highest BCUT2D eigenvalue weighted by Gasteiger charge is 2.25. The van der Waals surface area contributed by atoms with E-state index >= 15 is 0 Å². The first-order chi connectivity index (χ1) is 12.1. The number of carbonyl (C=O) groups excluding carboxylic acids is 1. The molecule has 1 saturated heterocycles. The number of amides is 1. The minimum atomic E-state index is -0.763. The molecule has 1 aromatic heterocycles. The average Bonchev–Trinajstić information content (AvgIpc) is 2.98. The van der Waals surface area contributed by atoms with Crippen LogP contribution in [0.15, 0.2) is 24.3 Å². The highest BCUT2D eigenvalue weighted by atomic mass is 16.4. The third-order valence-corrected chi connectivity index (χ3v) is 4.98. The molecule has 1 unspecified atom stereocenters. The Hall–Kier alpha value is -2.37. The minimum Gasteiger partial charge on any atom is -0.481 e. The summed E-state index contributed by atoms with van der Waals surface area (Å²) in [5, 5.41) is 8.86. The van der Waals surface area contributed by atoms with E-state index in [1.165, 1.54) is 0 Å². The van der Waals surface area contributed by atoms with Crippen molar-refractivity contribution in [1.82, 2.24) is 14.5 Å². The van der Waals surface area contributed by atoms with Crippen LogP contribution in [-0.4, -0.2) is 44.5 Å². The Balaban J connectivity index is 1.70. The van der Waals surface area contributed by atoms with E-state index in [4.69, 9.17) is 5.11 Å². The van der Waals surface area contributed by atoms with Gasteiger partial charge in [0.2, 0.25) is 5.91 Å². The van der Waals surface area contributed by atoms with Crippen LogP contribution >= 0.6 is 0 Å². The molecule has 0 bridgehead atoms. The van der Waals surface area contributed by atoms with Crippen molar-refractivity contribution in [3.63, 3.8) is 0 Å². The number of carboxylic acids is 1. The predicted molar refractivity (Wildman–Crippen MR) is 95.3 cm³/mol. The molecule has 25 heavy (non-hydrogen) atoms. The molecule has 1 amide bonds. The van der Waals surface area contributed by atoms with E-state index in [1.54, 1.807) is 0 Å². The lowest BCUT2D eigenvalue weighted by atomic mass is 9.93. The fourth-order valence-electron chi connectivity index (χ4n) is 3.66. The number of hydrogen-bond donors (Lipinski definition) is 1. The van der Waals surface area contributed by atoms with Gasteiger partial charge in [-0.1, -0.05) is 19.1 Å². The number of piperidine rings is 1. The lowest BCUT2D eigenvalue weighted by Gasteiger charge is -2.33. The molecular weight excluding hydrogens is 318 g/mol. The number of para-hydroxylation sites is 2. The lowest BCUT2D eigenvalue weighted by molar-refractivity contribution is -0.137. The topological polar surface area (TPSA) is 75.4 Å². The van der Waals surface area contributed by atoms with Crippen LogP contribution in [0.2, 0.25) is 0 Å². The monoisotopic (exact) mass is 343 g/mol. The van der Waals surface area contributed by atoms with E-state index in [0.29, 0.717) is 25.4 Å². The van der Waals surface area contributed by atoms with Crippen molar-refractivity contribution in [3.05, 3.63) is 30.1 Å². The van der Waals surface area contributed by atoms with Gasteiger partial charge in [-0.3, -0.25) is 9.59 Å². The molecular formula is C19H25N3O3. The largest absolute Gasteiger partial charge is 0.481 e. The number of carbonyl (C=O) groups is 2. The summed E-state index contributed by atoms with van der Waals surface area (Å²) in [5.74, 6) is 0.548. The fourth-order valence-corrected chi connectivity index (χ4v) is 3.66. The van der Waals surface area contributed by atoms with Gasteiger partial charge in [-0.05, 0) is 37.3 Å². The molecule has 0 aliphatic carbocycles. The average molecular weight is 343 g/mol. The first-order valence-electron chi connectivity index (χ1n) is 9.02. The Morgan fingerprint density at radius 1 is 1.32 bits per heavy atom. The van der Waals surface area contributed by atoms with Gasteiger partial charge in [-0.2, -0.15) is 0 Å². The Labute approximate surface area is 147 Å². The standard InChI is InChI=1S/C19H25N3O3/c1-2-17-20-15-7-3-4-8-16(15)22(17)13-18(23)21-11-5-6-14(12-21)9-10-19(24)25/h3-4,7-8,14H,2,5-6,9-13H2,1H3,(H,24,25). The SMILES string of the molecule is CCc1nc2ccccc2n1CC(=O)N1CCCC(CCC(=O)O)C1. The highest BCUT2D eigenvalue weighted by Crippen LogP contribution is 2.22. The number of imidazole rings is 1. The number of benzene rings is 1. The van der Waals surface area contributed by atoms with Crippen LogP contribution in [0.1, 0.15) is 38.4 Å². The lowest BCUT2D eigenvalue weighted by Crippen LogP contribution is -2.41. The maximum absolute atomic E-state index is 12.8. The van der Waals surface area contributed by atoms with Crippen LogP contribution in [0.3, 0.4) is 0 Å². The summed E-state index contributed by atoms with van der Waals surface area (Å²) in [6, 6.07) is 7.89. The van der Waals surface area contributed by atoms with Gasteiger partial charge in [0.05, 0.1) is 11.0 Å². The molecule has 0 saturated carbocycles. The first-order valence-corrected chi connectivity index (χ1v) is 9.02. The second kappa shape index (κ2) is 7.68. The number of fused-ring (bicyclic) bond motifs is 1. The molecule has 3 rings (SSSR count). The summed E-state index contributed by atoms with van der Waals surface area (Å²) in [6.45, 7) is 3.77. The molecule has 6 nitrogen and oxygen atoms in total. The van der Waals surface area contributed by atoms with Crippen molar-refractivity contribution in [1.29, 1.82) is 0 Å². The number of carboxylic acid groups (broad SMARTS) is 1. The van der Waals surface area contributed by atoms with Crippen molar-refractivity contribution in [2.45, 2.75) is 45.6 Å². The van der Waals surface area contributed by atoms with Crippen LogP contribution in [0.5, 0.6) is 0 Å². The van der Waals surface area contributed by atoms with E-state index in [2.05, 4.69) is 4.98 Å². The molecule has 1 aliphatic heterocycles. The van der Waals surface area contributed by atoms with Gasteiger partial charge >= 0.3 is 5.97 Å². The summed E-state index contributed by atoms with van der Waals surface area (Å²) in [6.07, 6.45) is 3.56. The van der Waals surface area contributed by atoms with E-state index in [-0.39, 0.29) is 12.3 Å². The molecule has 1 aromatic carbocycles. The van der Waals surface area contributed by atoms with Gasteiger partial charge in [0.1, 0.15) is 12.4 Å². The summed E-state index contributed by atoms with van der Waals surface area (Å²) in [7, 11) is 0. The van der Waals surface area contributed by atoms with Gasteiger partial charge in [0.15, 0.2) is 0 Å². The molecule has 2 heterocycles. The molecule has 134 valence electrons. The molecule has 1 aliphatic rings. The zero-order valence-electron chi connectivity index (χ0n) is 14.6. The summed E-state index contributed by atoms with van der Waals surface area (Å²) >= 11 is 0. The third kappa shape index (κ3) is 4.00. The van der Waals surface area contributed by atoms with Gasteiger partial charge in [-0.15, -0.1) is 0 Å².